The number of hydrazone groups is 1. The first-order valence-electron chi connectivity index (χ1n) is 7.63. The second-order valence-corrected chi connectivity index (χ2v) is 5.99. The van der Waals surface area contributed by atoms with E-state index in [1.165, 1.54) is 12.3 Å². The van der Waals surface area contributed by atoms with E-state index in [9.17, 15) is 9.59 Å². The molecule has 1 heterocycles. The number of benzene rings is 2. The smallest absolute Gasteiger partial charge is 0.336 e. The number of hydrogen-bond acceptors (Lipinski definition) is 4. The lowest BCUT2D eigenvalue weighted by Gasteiger charge is -2.05. The molecule has 0 unspecified atom stereocenters. The van der Waals surface area contributed by atoms with Crippen molar-refractivity contribution in [2.24, 2.45) is 5.10 Å². The fraction of sp³-hybridized carbons (Fsp3) is 0.105. The van der Waals surface area contributed by atoms with Crippen LogP contribution in [0.15, 0.2) is 62.8 Å². The van der Waals surface area contributed by atoms with E-state index in [4.69, 9.17) is 16.0 Å². The SMILES string of the molecule is Cc1ccc2oc(=O)cc(CC(=O)N/N=C/c3ccccc3Cl)c2c1. The summed E-state index contributed by atoms with van der Waals surface area (Å²) in [5, 5.41) is 5.19. The van der Waals surface area contributed by atoms with Crippen LogP contribution in [0, 0.1) is 6.92 Å². The molecule has 5 nitrogen and oxygen atoms in total. The van der Waals surface area contributed by atoms with Gasteiger partial charge in [0.25, 0.3) is 0 Å². The van der Waals surface area contributed by atoms with Crippen molar-refractivity contribution in [2.45, 2.75) is 13.3 Å². The molecule has 3 aromatic rings. The summed E-state index contributed by atoms with van der Waals surface area (Å²) in [7, 11) is 0. The zero-order valence-electron chi connectivity index (χ0n) is 13.5. The summed E-state index contributed by atoms with van der Waals surface area (Å²) in [4.78, 5) is 23.8. The van der Waals surface area contributed by atoms with Crippen molar-refractivity contribution in [2.75, 3.05) is 0 Å². The summed E-state index contributed by atoms with van der Waals surface area (Å²) in [6, 6.07) is 14.0. The van der Waals surface area contributed by atoms with Crippen LogP contribution in [0.4, 0.5) is 0 Å². The Bertz CT molecular complexity index is 1020. The normalized spacial score (nSPS) is 11.1. The molecule has 0 spiro atoms. The summed E-state index contributed by atoms with van der Waals surface area (Å²) in [6.07, 6.45) is 1.49. The molecule has 0 saturated heterocycles. The number of nitrogens with zero attached hydrogens (tertiary/aromatic N) is 1. The average molecular weight is 355 g/mol. The van der Waals surface area contributed by atoms with Gasteiger partial charge in [-0.05, 0) is 30.7 Å². The van der Waals surface area contributed by atoms with Crippen molar-refractivity contribution in [3.8, 4) is 0 Å². The number of halogens is 1. The van der Waals surface area contributed by atoms with E-state index in [2.05, 4.69) is 10.5 Å². The zero-order valence-corrected chi connectivity index (χ0v) is 14.2. The molecule has 0 aliphatic heterocycles. The van der Waals surface area contributed by atoms with Crippen molar-refractivity contribution in [1.82, 2.24) is 5.43 Å². The van der Waals surface area contributed by atoms with E-state index < -0.39 is 5.63 Å². The number of rotatable bonds is 4. The number of nitrogens with one attached hydrogen (secondary N) is 1. The Kier molecular flexibility index (Phi) is 4.95. The highest BCUT2D eigenvalue weighted by Crippen LogP contribution is 2.19. The Labute approximate surface area is 148 Å². The van der Waals surface area contributed by atoms with Crippen molar-refractivity contribution in [3.05, 3.63) is 80.7 Å². The number of aryl methyl sites for hydroxylation is 1. The molecule has 0 fully saturated rings. The van der Waals surface area contributed by atoms with Gasteiger partial charge in [-0.15, -0.1) is 0 Å². The van der Waals surface area contributed by atoms with Crippen molar-refractivity contribution in [1.29, 1.82) is 0 Å². The predicted octanol–water partition coefficient (Wildman–Crippen LogP) is 3.45. The number of fused-ring (bicyclic) bond motifs is 1. The van der Waals surface area contributed by atoms with Crippen LogP contribution in [0.3, 0.4) is 0 Å². The van der Waals surface area contributed by atoms with Crippen LogP contribution in [-0.4, -0.2) is 12.1 Å². The van der Waals surface area contributed by atoms with E-state index in [0.29, 0.717) is 21.7 Å². The molecule has 6 heteroatoms. The van der Waals surface area contributed by atoms with Crippen LogP contribution in [0.1, 0.15) is 16.7 Å². The van der Waals surface area contributed by atoms with Gasteiger partial charge in [0, 0.05) is 22.0 Å². The summed E-state index contributed by atoms with van der Waals surface area (Å²) < 4.78 is 5.16. The summed E-state index contributed by atoms with van der Waals surface area (Å²) >= 11 is 6.02. The molecule has 0 aliphatic rings. The van der Waals surface area contributed by atoms with Gasteiger partial charge < -0.3 is 4.42 Å². The first-order chi connectivity index (χ1) is 12.0. The van der Waals surface area contributed by atoms with Crippen LogP contribution < -0.4 is 11.1 Å². The van der Waals surface area contributed by atoms with Gasteiger partial charge in [-0.1, -0.05) is 41.4 Å². The van der Waals surface area contributed by atoms with Crippen LogP contribution in [0.5, 0.6) is 0 Å². The Morgan fingerprint density at radius 1 is 1.24 bits per heavy atom. The molecule has 0 bridgehead atoms. The van der Waals surface area contributed by atoms with Gasteiger partial charge in [-0.25, -0.2) is 10.2 Å². The molecule has 0 radical (unpaired) electrons. The molecule has 25 heavy (non-hydrogen) atoms. The topological polar surface area (TPSA) is 71.7 Å². The first kappa shape index (κ1) is 16.9. The quantitative estimate of drug-likeness (QED) is 0.443. The fourth-order valence-electron chi connectivity index (χ4n) is 2.45. The second kappa shape index (κ2) is 7.32. The predicted molar refractivity (Wildman–Crippen MR) is 98.1 cm³/mol. The van der Waals surface area contributed by atoms with E-state index in [-0.39, 0.29) is 12.3 Å². The molecular weight excluding hydrogens is 340 g/mol. The summed E-state index contributed by atoms with van der Waals surface area (Å²) in [5.41, 5.74) is 4.73. The highest BCUT2D eigenvalue weighted by Gasteiger charge is 2.10. The maximum Gasteiger partial charge on any atom is 0.336 e. The second-order valence-electron chi connectivity index (χ2n) is 5.58. The molecular formula is C19H15ClN2O3. The maximum atomic E-state index is 12.1. The highest BCUT2D eigenvalue weighted by molar-refractivity contribution is 6.33. The Balaban J connectivity index is 1.77. The summed E-state index contributed by atoms with van der Waals surface area (Å²) in [6.45, 7) is 1.93. The molecule has 1 aromatic heterocycles. The zero-order chi connectivity index (χ0) is 17.8. The van der Waals surface area contributed by atoms with Crippen LogP contribution in [-0.2, 0) is 11.2 Å². The number of carbonyl (C=O) groups is 1. The van der Waals surface area contributed by atoms with Gasteiger partial charge in [-0.3, -0.25) is 4.79 Å². The minimum Gasteiger partial charge on any atom is -0.423 e. The van der Waals surface area contributed by atoms with Gasteiger partial charge >= 0.3 is 5.63 Å². The molecule has 3 rings (SSSR count). The van der Waals surface area contributed by atoms with Crippen LogP contribution in [0.25, 0.3) is 11.0 Å². The Morgan fingerprint density at radius 2 is 2.04 bits per heavy atom. The van der Waals surface area contributed by atoms with E-state index >= 15 is 0 Å². The van der Waals surface area contributed by atoms with Crippen molar-refractivity contribution in [3.63, 3.8) is 0 Å². The number of carbonyl (C=O) groups excluding carboxylic acids is 1. The molecule has 1 N–H and O–H groups in total. The average Bonchev–Trinajstić information content (AvgIpc) is 2.57. The van der Waals surface area contributed by atoms with Crippen LogP contribution >= 0.6 is 11.6 Å². The maximum absolute atomic E-state index is 12.1. The molecule has 1 amide bonds. The lowest BCUT2D eigenvalue weighted by molar-refractivity contribution is -0.120. The first-order valence-corrected chi connectivity index (χ1v) is 8.00. The van der Waals surface area contributed by atoms with E-state index in [1.807, 2.05) is 31.2 Å². The van der Waals surface area contributed by atoms with E-state index in [0.717, 1.165) is 10.9 Å². The lowest BCUT2D eigenvalue weighted by atomic mass is 10.1. The summed E-state index contributed by atoms with van der Waals surface area (Å²) in [5.74, 6) is -0.336. The Hall–Kier alpha value is -2.92. The monoisotopic (exact) mass is 354 g/mol. The van der Waals surface area contributed by atoms with Gasteiger partial charge in [0.2, 0.25) is 5.91 Å². The highest BCUT2D eigenvalue weighted by atomic mass is 35.5. The number of amides is 1. The lowest BCUT2D eigenvalue weighted by Crippen LogP contribution is -2.20. The van der Waals surface area contributed by atoms with Crippen LogP contribution in [0.2, 0.25) is 5.02 Å². The third-order valence-electron chi connectivity index (χ3n) is 3.63. The fourth-order valence-corrected chi connectivity index (χ4v) is 2.64. The standard InChI is InChI=1S/C19H15ClN2O3/c1-12-6-7-17-15(8-12)14(10-19(24)25-17)9-18(23)22-21-11-13-4-2-3-5-16(13)20/h2-8,10-11H,9H2,1H3,(H,22,23)/b21-11+. The van der Waals surface area contributed by atoms with Gasteiger partial charge in [0.05, 0.1) is 12.6 Å². The molecule has 0 atom stereocenters. The molecule has 0 saturated carbocycles. The van der Waals surface area contributed by atoms with Crippen molar-refractivity contribution < 1.29 is 9.21 Å². The minimum atomic E-state index is -0.487. The number of hydrogen-bond donors (Lipinski definition) is 1. The van der Waals surface area contributed by atoms with Crippen molar-refractivity contribution >= 4 is 34.7 Å². The minimum absolute atomic E-state index is 0.0193. The van der Waals surface area contributed by atoms with Gasteiger partial charge in [0.15, 0.2) is 0 Å². The van der Waals surface area contributed by atoms with Gasteiger partial charge in [0.1, 0.15) is 5.58 Å². The largest absolute Gasteiger partial charge is 0.423 e. The molecule has 2 aromatic carbocycles. The third kappa shape index (κ3) is 4.14. The van der Waals surface area contributed by atoms with E-state index in [1.54, 1.807) is 18.2 Å². The van der Waals surface area contributed by atoms with Gasteiger partial charge in [-0.2, -0.15) is 5.10 Å². The molecule has 126 valence electrons. The Morgan fingerprint density at radius 3 is 2.84 bits per heavy atom. The third-order valence-corrected chi connectivity index (χ3v) is 3.98. The molecule has 0 aliphatic carbocycles.